The summed E-state index contributed by atoms with van der Waals surface area (Å²) in [6.45, 7) is 0. The van der Waals surface area contributed by atoms with Crippen molar-refractivity contribution in [2.24, 2.45) is 0 Å². The van der Waals surface area contributed by atoms with Crippen molar-refractivity contribution in [3.05, 3.63) is 164 Å². The van der Waals surface area contributed by atoms with Crippen molar-refractivity contribution >= 4 is 82.9 Å². The standard InChI is InChI=1S/C44H27N3O/c1-2-11-28(12-3-1)29-21-23-30(24-22-29)45(39-19-10-16-33-32-13-6-9-20-41(32)48-43(33)39)31-25-26-38-40(27-31)47-37-18-8-5-15-35(37)42-34-14-4-7-17-36(34)46(38)44(42)47/h1-27H. The second kappa shape index (κ2) is 9.50. The summed E-state index contributed by atoms with van der Waals surface area (Å²) in [6, 6.07) is 58.6. The summed E-state index contributed by atoms with van der Waals surface area (Å²) in [6.07, 6.45) is 0. The molecule has 4 nitrogen and oxygen atoms in total. The van der Waals surface area contributed by atoms with E-state index in [2.05, 4.69) is 171 Å². The average molecular weight is 614 g/mol. The lowest BCUT2D eigenvalue weighted by Gasteiger charge is -2.26. The summed E-state index contributed by atoms with van der Waals surface area (Å²) < 4.78 is 11.5. The second-order valence-electron chi connectivity index (χ2n) is 12.6. The molecule has 4 aromatic heterocycles. The Bertz CT molecular complexity index is 2990. The highest BCUT2D eigenvalue weighted by Crippen LogP contribution is 2.45. The van der Waals surface area contributed by atoms with Crippen molar-refractivity contribution in [1.29, 1.82) is 0 Å². The number of benzene rings is 7. The molecule has 48 heavy (non-hydrogen) atoms. The van der Waals surface area contributed by atoms with Gasteiger partial charge in [0, 0.05) is 38.3 Å². The van der Waals surface area contributed by atoms with Gasteiger partial charge in [0.2, 0.25) is 0 Å². The summed E-state index contributed by atoms with van der Waals surface area (Å²) in [4.78, 5) is 2.34. The summed E-state index contributed by atoms with van der Waals surface area (Å²) >= 11 is 0. The van der Waals surface area contributed by atoms with Gasteiger partial charge in [-0.15, -0.1) is 0 Å². The van der Waals surface area contributed by atoms with E-state index in [1.165, 1.54) is 55.0 Å². The molecule has 0 saturated heterocycles. The maximum Gasteiger partial charge on any atom is 0.159 e. The predicted molar refractivity (Wildman–Crippen MR) is 199 cm³/mol. The first-order valence-corrected chi connectivity index (χ1v) is 16.4. The molecule has 7 aromatic carbocycles. The van der Waals surface area contributed by atoms with Gasteiger partial charge in [-0.25, -0.2) is 0 Å². The van der Waals surface area contributed by atoms with E-state index in [4.69, 9.17) is 4.42 Å². The van der Waals surface area contributed by atoms with Crippen LogP contribution in [0.5, 0.6) is 0 Å². The number of imidazole rings is 1. The maximum atomic E-state index is 6.62. The number of fused-ring (bicyclic) bond motifs is 12. The minimum absolute atomic E-state index is 0.873. The fourth-order valence-corrected chi connectivity index (χ4v) is 7.97. The quantitative estimate of drug-likeness (QED) is 0.197. The van der Waals surface area contributed by atoms with E-state index in [0.29, 0.717) is 0 Å². The van der Waals surface area contributed by atoms with Crippen LogP contribution in [0.3, 0.4) is 0 Å². The van der Waals surface area contributed by atoms with Crippen LogP contribution in [-0.4, -0.2) is 8.80 Å². The molecule has 0 bridgehead atoms. The number of nitrogens with zero attached hydrogens (tertiary/aromatic N) is 3. The van der Waals surface area contributed by atoms with Gasteiger partial charge in [0.15, 0.2) is 5.58 Å². The summed E-state index contributed by atoms with van der Waals surface area (Å²) in [5.74, 6) is 0. The fourth-order valence-electron chi connectivity index (χ4n) is 7.97. The van der Waals surface area contributed by atoms with Gasteiger partial charge < -0.3 is 9.32 Å². The monoisotopic (exact) mass is 613 g/mol. The van der Waals surface area contributed by atoms with Crippen molar-refractivity contribution in [1.82, 2.24) is 8.80 Å². The SMILES string of the molecule is c1ccc(-c2ccc(N(c3ccc4c(c3)n3c5ccccc5c5c6ccccc6n4c53)c3cccc4c3oc3ccccc34)cc2)cc1. The molecule has 224 valence electrons. The van der Waals surface area contributed by atoms with Gasteiger partial charge in [0.05, 0.1) is 27.8 Å². The first-order chi connectivity index (χ1) is 23.8. The number of para-hydroxylation sites is 4. The van der Waals surface area contributed by atoms with Crippen LogP contribution >= 0.6 is 0 Å². The number of anilines is 3. The van der Waals surface area contributed by atoms with Crippen LogP contribution in [0.25, 0.3) is 76.9 Å². The van der Waals surface area contributed by atoms with Gasteiger partial charge in [-0.3, -0.25) is 8.80 Å². The molecule has 11 aromatic rings. The van der Waals surface area contributed by atoms with Crippen molar-refractivity contribution in [2.45, 2.75) is 0 Å². The van der Waals surface area contributed by atoms with E-state index < -0.39 is 0 Å². The first-order valence-electron chi connectivity index (χ1n) is 16.4. The molecule has 0 spiro atoms. The zero-order valence-electron chi connectivity index (χ0n) is 25.8. The molecule has 4 heteroatoms. The maximum absolute atomic E-state index is 6.62. The highest BCUT2D eigenvalue weighted by atomic mass is 16.3. The van der Waals surface area contributed by atoms with E-state index in [-0.39, 0.29) is 0 Å². The van der Waals surface area contributed by atoms with Crippen LogP contribution < -0.4 is 4.90 Å². The third-order valence-electron chi connectivity index (χ3n) is 10.0. The molecule has 0 aliphatic rings. The zero-order valence-corrected chi connectivity index (χ0v) is 25.8. The molecule has 0 aliphatic heterocycles. The lowest BCUT2D eigenvalue weighted by Crippen LogP contribution is -2.10. The Labute approximate surface area is 275 Å². The third-order valence-corrected chi connectivity index (χ3v) is 10.0. The molecule has 11 rings (SSSR count). The van der Waals surface area contributed by atoms with E-state index in [1.807, 2.05) is 6.07 Å². The molecule has 0 saturated carbocycles. The van der Waals surface area contributed by atoms with Crippen LogP contribution in [0.4, 0.5) is 17.1 Å². The van der Waals surface area contributed by atoms with Gasteiger partial charge in [-0.2, -0.15) is 0 Å². The van der Waals surface area contributed by atoms with Crippen LogP contribution in [-0.2, 0) is 0 Å². The van der Waals surface area contributed by atoms with Crippen molar-refractivity contribution < 1.29 is 4.42 Å². The van der Waals surface area contributed by atoms with Crippen LogP contribution in [0.15, 0.2) is 168 Å². The first kappa shape index (κ1) is 25.6. The average Bonchev–Trinajstić information content (AvgIpc) is 3.88. The Morgan fingerprint density at radius 3 is 1.79 bits per heavy atom. The summed E-state index contributed by atoms with van der Waals surface area (Å²) in [7, 11) is 0. The largest absolute Gasteiger partial charge is 0.454 e. The number of furan rings is 1. The Kier molecular flexibility index (Phi) is 5.08. The molecule has 0 unspecified atom stereocenters. The number of hydrogen-bond donors (Lipinski definition) is 0. The van der Waals surface area contributed by atoms with Crippen molar-refractivity contribution in [2.75, 3.05) is 4.90 Å². The Morgan fingerprint density at radius 2 is 1.02 bits per heavy atom. The molecule has 0 radical (unpaired) electrons. The van der Waals surface area contributed by atoms with E-state index >= 15 is 0 Å². The minimum Gasteiger partial charge on any atom is -0.454 e. The lowest BCUT2D eigenvalue weighted by molar-refractivity contribution is 0.669. The van der Waals surface area contributed by atoms with Gasteiger partial charge in [-0.05, 0) is 65.7 Å². The number of aromatic nitrogens is 2. The smallest absolute Gasteiger partial charge is 0.159 e. The lowest BCUT2D eigenvalue weighted by atomic mass is 10.0. The second-order valence-corrected chi connectivity index (χ2v) is 12.6. The Morgan fingerprint density at radius 1 is 0.417 bits per heavy atom. The van der Waals surface area contributed by atoms with Gasteiger partial charge >= 0.3 is 0 Å². The molecule has 0 fully saturated rings. The highest BCUT2D eigenvalue weighted by Gasteiger charge is 2.24. The molecule has 0 aliphatic carbocycles. The van der Waals surface area contributed by atoms with E-state index in [1.54, 1.807) is 0 Å². The van der Waals surface area contributed by atoms with Crippen molar-refractivity contribution in [3.63, 3.8) is 0 Å². The molecular weight excluding hydrogens is 587 g/mol. The normalized spacial score (nSPS) is 12.2. The predicted octanol–water partition coefficient (Wildman–Crippen LogP) is 12.1. The van der Waals surface area contributed by atoms with E-state index in [0.717, 1.165) is 39.0 Å². The van der Waals surface area contributed by atoms with Crippen molar-refractivity contribution in [3.8, 4) is 11.1 Å². The van der Waals surface area contributed by atoms with Crippen LogP contribution in [0, 0.1) is 0 Å². The topological polar surface area (TPSA) is 25.2 Å². The van der Waals surface area contributed by atoms with E-state index in [9.17, 15) is 0 Å². The summed E-state index contributed by atoms with van der Waals surface area (Å²) in [5, 5.41) is 6.10. The molecule has 0 amide bonds. The van der Waals surface area contributed by atoms with Gasteiger partial charge in [0.1, 0.15) is 11.2 Å². The molecule has 0 atom stereocenters. The third kappa shape index (κ3) is 3.38. The van der Waals surface area contributed by atoms with Gasteiger partial charge in [-0.1, -0.05) is 109 Å². The molecular formula is C44H27N3O. The number of rotatable bonds is 4. The van der Waals surface area contributed by atoms with Crippen LogP contribution in [0.1, 0.15) is 0 Å². The highest BCUT2D eigenvalue weighted by molar-refractivity contribution is 6.24. The molecule has 0 N–H and O–H groups in total. The molecule has 4 heterocycles. The fraction of sp³-hybridized carbons (Fsp3) is 0. The Hall–Kier alpha value is -6.52. The summed E-state index contributed by atoms with van der Waals surface area (Å²) in [5.41, 5.74) is 13.3. The minimum atomic E-state index is 0.873. The number of hydrogen-bond acceptors (Lipinski definition) is 2. The zero-order chi connectivity index (χ0) is 31.3. The Balaban J connectivity index is 1.21. The van der Waals surface area contributed by atoms with Gasteiger partial charge in [0.25, 0.3) is 0 Å². The van der Waals surface area contributed by atoms with Crippen LogP contribution in [0.2, 0.25) is 0 Å².